The first-order chi connectivity index (χ1) is 8.40. The highest BCUT2D eigenvalue weighted by Crippen LogP contribution is 2.13. The second kappa shape index (κ2) is 6.51. The molecule has 1 aromatic rings. The fourth-order valence-corrected chi connectivity index (χ4v) is 1.99. The van der Waals surface area contributed by atoms with Gasteiger partial charge in [-0.05, 0) is 19.4 Å². The molecule has 0 spiro atoms. The summed E-state index contributed by atoms with van der Waals surface area (Å²) in [5.41, 5.74) is 0.755. The zero-order valence-electron chi connectivity index (χ0n) is 10.2. The van der Waals surface area contributed by atoms with Gasteiger partial charge in [-0.15, -0.1) is 0 Å². The Balaban J connectivity index is 1.77. The van der Waals surface area contributed by atoms with Crippen LogP contribution in [0.5, 0.6) is 5.88 Å². The van der Waals surface area contributed by atoms with Gasteiger partial charge in [-0.3, -0.25) is 4.98 Å². The van der Waals surface area contributed by atoms with Crippen molar-refractivity contribution >= 4 is 0 Å². The summed E-state index contributed by atoms with van der Waals surface area (Å²) in [6.07, 6.45) is 7.02. The van der Waals surface area contributed by atoms with E-state index >= 15 is 0 Å². The van der Waals surface area contributed by atoms with Crippen molar-refractivity contribution in [3.05, 3.63) is 18.1 Å². The summed E-state index contributed by atoms with van der Waals surface area (Å²) in [5, 5.41) is 3.44. The Bertz CT molecular complexity index is 340. The van der Waals surface area contributed by atoms with Crippen molar-refractivity contribution in [1.29, 1.82) is 0 Å². The highest BCUT2D eigenvalue weighted by atomic mass is 16.5. The number of hydrogen-bond donors (Lipinski definition) is 1. The lowest BCUT2D eigenvalue weighted by Crippen LogP contribution is -2.37. The van der Waals surface area contributed by atoms with Crippen molar-refractivity contribution in [3.63, 3.8) is 0 Å². The zero-order valence-corrected chi connectivity index (χ0v) is 10.2. The van der Waals surface area contributed by atoms with E-state index in [1.165, 1.54) is 19.3 Å². The highest BCUT2D eigenvalue weighted by Gasteiger charge is 2.13. The van der Waals surface area contributed by atoms with Crippen LogP contribution in [-0.2, 0) is 11.3 Å². The van der Waals surface area contributed by atoms with Crippen LogP contribution in [0.4, 0.5) is 0 Å². The number of aromatic nitrogens is 2. The summed E-state index contributed by atoms with van der Waals surface area (Å²) in [6, 6.07) is 0.478. The smallest absolute Gasteiger partial charge is 0.237 e. The Morgan fingerprint density at radius 2 is 2.24 bits per heavy atom. The number of rotatable bonds is 5. The summed E-state index contributed by atoms with van der Waals surface area (Å²) in [5.74, 6) is 0.545. The largest absolute Gasteiger partial charge is 0.480 e. The molecule has 1 aliphatic heterocycles. The van der Waals surface area contributed by atoms with Gasteiger partial charge in [0.15, 0.2) is 0 Å². The molecule has 1 fully saturated rings. The van der Waals surface area contributed by atoms with Crippen LogP contribution in [0.2, 0.25) is 0 Å². The number of nitrogens with one attached hydrogen (secondary N) is 1. The van der Waals surface area contributed by atoms with E-state index in [0.29, 0.717) is 18.5 Å². The molecule has 1 aliphatic rings. The molecule has 5 nitrogen and oxygen atoms in total. The molecular formula is C12H19N3O2. The first kappa shape index (κ1) is 12.3. The minimum absolute atomic E-state index is 0.454. The second-order valence-electron chi connectivity index (χ2n) is 4.17. The van der Waals surface area contributed by atoms with Crippen LogP contribution in [0.3, 0.4) is 0 Å². The molecule has 1 aromatic heterocycles. The molecule has 0 radical (unpaired) electrons. The lowest BCUT2D eigenvalue weighted by molar-refractivity contribution is 0.0871. The van der Waals surface area contributed by atoms with Gasteiger partial charge < -0.3 is 14.8 Å². The normalized spacial score (nSPS) is 20.2. The fraction of sp³-hybridized carbons (Fsp3) is 0.667. The average molecular weight is 237 g/mol. The van der Waals surface area contributed by atoms with Crippen molar-refractivity contribution < 1.29 is 9.47 Å². The molecule has 94 valence electrons. The summed E-state index contributed by atoms with van der Waals surface area (Å²) >= 11 is 0. The van der Waals surface area contributed by atoms with Crippen molar-refractivity contribution in [3.8, 4) is 5.88 Å². The Morgan fingerprint density at radius 1 is 1.35 bits per heavy atom. The first-order valence-corrected chi connectivity index (χ1v) is 6.05. The average Bonchev–Trinajstić information content (AvgIpc) is 2.40. The predicted octanol–water partition coefficient (Wildman–Crippen LogP) is 1.14. The van der Waals surface area contributed by atoms with Crippen LogP contribution in [0.15, 0.2) is 12.4 Å². The molecule has 17 heavy (non-hydrogen) atoms. The topological polar surface area (TPSA) is 56.3 Å². The molecule has 0 bridgehead atoms. The SMILES string of the molecule is COc1nccnc1COC[C@H]1CCCCN1. The summed E-state index contributed by atoms with van der Waals surface area (Å²) in [6.45, 7) is 2.28. The number of methoxy groups -OCH3 is 1. The molecule has 0 aliphatic carbocycles. The molecule has 0 saturated carbocycles. The van der Waals surface area contributed by atoms with E-state index < -0.39 is 0 Å². The van der Waals surface area contributed by atoms with E-state index in [2.05, 4.69) is 15.3 Å². The molecule has 2 rings (SSSR count). The molecule has 0 aromatic carbocycles. The maximum atomic E-state index is 5.66. The minimum atomic E-state index is 0.454. The van der Waals surface area contributed by atoms with E-state index in [1.54, 1.807) is 19.5 Å². The third kappa shape index (κ3) is 3.64. The van der Waals surface area contributed by atoms with Crippen LogP contribution >= 0.6 is 0 Å². The van der Waals surface area contributed by atoms with Gasteiger partial charge in [0.05, 0.1) is 20.3 Å². The summed E-state index contributed by atoms with van der Waals surface area (Å²) < 4.78 is 10.8. The molecule has 1 N–H and O–H groups in total. The minimum Gasteiger partial charge on any atom is -0.480 e. The van der Waals surface area contributed by atoms with E-state index in [9.17, 15) is 0 Å². The van der Waals surface area contributed by atoms with Gasteiger partial charge in [0.25, 0.3) is 0 Å². The van der Waals surface area contributed by atoms with Gasteiger partial charge in [-0.25, -0.2) is 4.98 Å². The highest BCUT2D eigenvalue weighted by molar-refractivity contribution is 5.15. The van der Waals surface area contributed by atoms with E-state index in [4.69, 9.17) is 9.47 Å². The van der Waals surface area contributed by atoms with Gasteiger partial charge in [0.2, 0.25) is 5.88 Å². The fourth-order valence-electron chi connectivity index (χ4n) is 1.99. The lowest BCUT2D eigenvalue weighted by atomic mass is 10.1. The summed E-state index contributed by atoms with van der Waals surface area (Å²) in [4.78, 5) is 8.28. The van der Waals surface area contributed by atoms with Crippen LogP contribution in [0.1, 0.15) is 25.0 Å². The van der Waals surface area contributed by atoms with Crippen molar-refractivity contribution in [1.82, 2.24) is 15.3 Å². The Labute approximate surface area is 102 Å². The van der Waals surface area contributed by atoms with Crippen LogP contribution < -0.4 is 10.1 Å². The number of piperidine rings is 1. The zero-order chi connectivity index (χ0) is 11.9. The van der Waals surface area contributed by atoms with Gasteiger partial charge in [-0.1, -0.05) is 6.42 Å². The molecule has 0 unspecified atom stereocenters. The molecule has 1 atom stereocenters. The van der Waals surface area contributed by atoms with Crippen LogP contribution in [0.25, 0.3) is 0 Å². The van der Waals surface area contributed by atoms with E-state index in [1.807, 2.05) is 0 Å². The van der Waals surface area contributed by atoms with E-state index in [-0.39, 0.29) is 0 Å². The monoisotopic (exact) mass is 237 g/mol. The second-order valence-corrected chi connectivity index (χ2v) is 4.17. The van der Waals surface area contributed by atoms with Gasteiger partial charge in [0.1, 0.15) is 5.69 Å². The van der Waals surface area contributed by atoms with Gasteiger partial charge in [-0.2, -0.15) is 0 Å². The van der Waals surface area contributed by atoms with Gasteiger partial charge >= 0.3 is 0 Å². The van der Waals surface area contributed by atoms with Gasteiger partial charge in [0, 0.05) is 18.4 Å². The maximum Gasteiger partial charge on any atom is 0.237 e. The molecule has 5 heteroatoms. The Kier molecular flexibility index (Phi) is 4.70. The van der Waals surface area contributed by atoms with Crippen molar-refractivity contribution in [2.45, 2.75) is 31.9 Å². The third-order valence-electron chi connectivity index (χ3n) is 2.90. The predicted molar refractivity (Wildman–Crippen MR) is 63.9 cm³/mol. The number of hydrogen-bond acceptors (Lipinski definition) is 5. The van der Waals surface area contributed by atoms with Crippen molar-refractivity contribution in [2.24, 2.45) is 0 Å². The Hall–Kier alpha value is -1.20. The van der Waals surface area contributed by atoms with E-state index in [0.717, 1.165) is 18.8 Å². The van der Waals surface area contributed by atoms with Crippen LogP contribution in [0, 0.1) is 0 Å². The lowest BCUT2D eigenvalue weighted by Gasteiger charge is -2.23. The summed E-state index contributed by atoms with van der Waals surface area (Å²) in [7, 11) is 1.59. The molecule has 1 saturated heterocycles. The molecule has 0 amide bonds. The molecule has 2 heterocycles. The number of ether oxygens (including phenoxy) is 2. The Morgan fingerprint density at radius 3 is 3.00 bits per heavy atom. The quantitative estimate of drug-likeness (QED) is 0.832. The maximum absolute atomic E-state index is 5.66. The third-order valence-corrected chi connectivity index (χ3v) is 2.90. The number of nitrogens with zero attached hydrogens (tertiary/aromatic N) is 2. The van der Waals surface area contributed by atoms with Crippen LogP contribution in [-0.4, -0.2) is 36.3 Å². The standard InChI is InChI=1S/C12H19N3O2/c1-16-12-11(14-6-7-15-12)9-17-8-10-4-2-3-5-13-10/h6-7,10,13H,2-5,8-9H2,1H3/t10-/m1/s1. The first-order valence-electron chi connectivity index (χ1n) is 6.05. The molecular weight excluding hydrogens is 218 g/mol. The van der Waals surface area contributed by atoms with Crippen molar-refractivity contribution in [2.75, 3.05) is 20.3 Å².